The first-order chi connectivity index (χ1) is 9.63. The van der Waals surface area contributed by atoms with Gasteiger partial charge in [-0.1, -0.05) is 6.07 Å². The number of anilines is 1. The molecule has 1 aromatic carbocycles. The molecule has 3 rings (SSSR count). The number of ether oxygens (including phenoxy) is 1. The maximum absolute atomic E-state index is 13.7. The van der Waals surface area contributed by atoms with Gasteiger partial charge in [-0.2, -0.15) is 4.98 Å². The zero-order valence-corrected chi connectivity index (χ0v) is 11.0. The summed E-state index contributed by atoms with van der Waals surface area (Å²) in [6.07, 6.45) is 1.35. The first kappa shape index (κ1) is 12.3. The van der Waals surface area contributed by atoms with Gasteiger partial charge in [-0.25, -0.2) is 14.4 Å². The minimum Gasteiger partial charge on any atom is -0.479 e. The fourth-order valence-electron chi connectivity index (χ4n) is 2.11. The molecule has 7 heteroatoms. The van der Waals surface area contributed by atoms with Crippen LogP contribution in [0.15, 0.2) is 24.5 Å². The van der Waals surface area contributed by atoms with Crippen LogP contribution < -0.4 is 10.5 Å². The lowest BCUT2D eigenvalue weighted by atomic mass is 10.2. The summed E-state index contributed by atoms with van der Waals surface area (Å²) in [6.45, 7) is 1.67. The van der Waals surface area contributed by atoms with Crippen LogP contribution in [-0.4, -0.2) is 26.6 Å². The number of methoxy groups -OCH3 is 1. The Morgan fingerprint density at radius 1 is 1.30 bits per heavy atom. The first-order valence-corrected chi connectivity index (χ1v) is 5.92. The van der Waals surface area contributed by atoms with E-state index in [0.29, 0.717) is 28.3 Å². The SMILES string of the molecule is COc1ncnc2c1nc(N)n2-c1cccc(F)c1C. The molecule has 0 fully saturated rings. The fourth-order valence-corrected chi connectivity index (χ4v) is 2.11. The Bertz CT molecular complexity index is 799. The van der Waals surface area contributed by atoms with Gasteiger partial charge in [0.1, 0.15) is 12.1 Å². The van der Waals surface area contributed by atoms with Crippen LogP contribution in [0, 0.1) is 12.7 Å². The average Bonchev–Trinajstić information content (AvgIpc) is 2.78. The lowest BCUT2D eigenvalue weighted by Gasteiger charge is -2.09. The number of nitrogens with zero attached hydrogens (tertiary/aromatic N) is 4. The minimum absolute atomic E-state index is 0.201. The van der Waals surface area contributed by atoms with Crippen molar-refractivity contribution < 1.29 is 9.13 Å². The van der Waals surface area contributed by atoms with Crippen LogP contribution in [0.5, 0.6) is 5.88 Å². The fraction of sp³-hybridized carbons (Fsp3) is 0.154. The molecule has 0 aliphatic rings. The van der Waals surface area contributed by atoms with E-state index in [4.69, 9.17) is 10.5 Å². The highest BCUT2D eigenvalue weighted by molar-refractivity contribution is 5.81. The van der Waals surface area contributed by atoms with E-state index in [1.54, 1.807) is 23.6 Å². The molecule has 0 saturated heterocycles. The summed E-state index contributed by atoms with van der Waals surface area (Å²) in [6, 6.07) is 4.76. The van der Waals surface area contributed by atoms with Crippen LogP contribution in [0.1, 0.15) is 5.56 Å². The number of hydrogen-bond acceptors (Lipinski definition) is 5. The van der Waals surface area contributed by atoms with Crippen LogP contribution in [0.4, 0.5) is 10.3 Å². The number of nitrogen functional groups attached to an aromatic ring is 1. The molecular formula is C13H12FN5O. The Balaban J connectivity index is 2.37. The third-order valence-electron chi connectivity index (χ3n) is 3.11. The summed E-state index contributed by atoms with van der Waals surface area (Å²) in [7, 11) is 1.49. The first-order valence-electron chi connectivity index (χ1n) is 5.92. The van der Waals surface area contributed by atoms with Gasteiger partial charge in [0.2, 0.25) is 11.8 Å². The van der Waals surface area contributed by atoms with Gasteiger partial charge in [0.05, 0.1) is 12.8 Å². The van der Waals surface area contributed by atoms with Gasteiger partial charge in [-0.3, -0.25) is 4.57 Å². The molecule has 3 aromatic rings. The monoisotopic (exact) mass is 273 g/mol. The highest BCUT2D eigenvalue weighted by Gasteiger charge is 2.17. The van der Waals surface area contributed by atoms with Crippen LogP contribution in [-0.2, 0) is 0 Å². The van der Waals surface area contributed by atoms with Crippen molar-refractivity contribution in [2.75, 3.05) is 12.8 Å². The number of benzene rings is 1. The summed E-state index contributed by atoms with van der Waals surface area (Å²) in [5, 5.41) is 0. The van der Waals surface area contributed by atoms with Crippen molar-refractivity contribution in [3.63, 3.8) is 0 Å². The van der Waals surface area contributed by atoms with Crippen LogP contribution >= 0.6 is 0 Å². The number of rotatable bonds is 2. The van der Waals surface area contributed by atoms with Gasteiger partial charge in [-0.05, 0) is 19.1 Å². The highest BCUT2D eigenvalue weighted by Crippen LogP contribution is 2.28. The molecule has 2 aromatic heterocycles. The second kappa shape index (κ2) is 4.44. The van der Waals surface area contributed by atoms with Gasteiger partial charge >= 0.3 is 0 Å². The lowest BCUT2D eigenvalue weighted by Crippen LogP contribution is -2.04. The van der Waals surface area contributed by atoms with Crippen molar-refractivity contribution in [3.8, 4) is 11.6 Å². The molecule has 20 heavy (non-hydrogen) atoms. The second-order valence-electron chi connectivity index (χ2n) is 4.24. The standard InChI is InChI=1S/C13H12FN5O/c1-7-8(14)4-3-5-9(7)19-11-10(18-13(19)15)12(20-2)17-6-16-11/h3-6H,1-2H3,(H2,15,18). The number of nitrogens with two attached hydrogens (primary N) is 1. The molecule has 0 atom stereocenters. The summed E-state index contributed by atoms with van der Waals surface area (Å²) in [5.41, 5.74) is 7.91. The molecule has 102 valence electrons. The predicted molar refractivity (Wildman–Crippen MR) is 72.3 cm³/mol. The summed E-state index contributed by atoms with van der Waals surface area (Å²) in [4.78, 5) is 12.3. The van der Waals surface area contributed by atoms with Crippen molar-refractivity contribution in [3.05, 3.63) is 35.9 Å². The van der Waals surface area contributed by atoms with E-state index in [0.717, 1.165) is 0 Å². The lowest BCUT2D eigenvalue weighted by molar-refractivity contribution is 0.401. The molecule has 0 amide bonds. The van der Waals surface area contributed by atoms with E-state index in [9.17, 15) is 4.39 Å². The highest BCUT2D eigenvalue weighted by atomic mass is 19.1. The minimum atomic E-state index is -0.315. The Morgan fingerprint density at radius 2 is 2.10 bits per heavy atom. The number of fused-ring (bicyclic) bond motifs is 1. The smallest absolute Gasteiger partial charge is 0.245 e. The normalized spacial score (nSPS) is 10.9. The quantitative estimate of drug-likeness (QED) is 0.771. The van der Waals surface area contributed by atoms with Gasteiger partial charge in [-0.15, -0.1) is 0 Å². The second-order valence-corrected chi connectivity index (χ2v) is 4.24. The van der Waals surface area contributed by atoms with Crippen molar-refractivity contribution in [2.45, 2.75) is 6.92 Å². The van der Waals surface area contributed by atoms with Crippen LogP contribution in [0.3, 0.4) is 0 Å². The molecule has 0 bridgehead atoms. The Labute approximate surface area is 114 Å². The van der Waals surface area contributed by atoms with Gasteiger partial charge < -0.3 is 10.5 Å². The molecular weight excluding hydrogens is 261 g/mol. The summed E-state index contributed by atoms with van der Waals surface area (Å²) < 4.78 is 20.4. The van der Waals surface area contributed by atoms with Crippen molar-refractivity contribution in [1.29, 1.82) is 0 Å². The third-order valence-corrected chi connectivity index (χ3v) is 3.11. The zero-order chi connectivity index (χ0) is 14.3. The largest absolute Gasteiger partial charge is 0.479 e. The van der Waals surface area contributed by atoms with E-state index in [2.05, 4.69) is 15.0 Å². The van der Waals surface area contributed by atoms with E-state index in [1.807, 2.05) is 0 Å². The molecule has 0 radical (unpaired) electrons. The molecule has 0 aliphatic carbocycles. The van der Waals surface area contributed by atoms with Crippen LogP contribution in [0.25, 0.3) is 16.9 Å². The molecule has 0 unspecified atom stereocenters. The van der Waals surface area contributed by atoms with Crippen molar-refractivity contribution in [2.24, 2.45) is 0 Å². The number of halogens is 1. The maximum Gasteiger partial charge on any atom is 0.245 e. The molecule has 2 N–H and O–H groups in total. The number of hydrogen-bond donors (Lipinski definition) is 1. The zero-order valence-electron chi connectivity index (χ0n) is 11.0. The molecule has 0 spiro atoms. The third kappa shape index (κ3) is 1.67. The van der Waals surface area contributed by atoms with Crippen molar-refractivity contribution >= 4 is 17.1 Å². The van der Waals surface area contributed by atoms with Gasteiger partial charge in [0.15, 0.2) is 11.2 Å². The molecule has 0 aliphatic heterocycles. The van der Waals surface area contributed by atoms with Crippen LogP contribution in [0.2, 0.25) is 0 Å². The Hall–Kier alpha value is -2.70. The average molecular weight is 273 g/mol. The van der Waals surface area contributed by atoms with E-state index >= 15 is 0 Å². The van der Waals surface area contributed by atoms with Gasteiger partial charge in [0.25, 0.3) is 0 Å². The Morgan fingerprint density at radius 3 is 2.85 bits per heavy atom. The number of aromatic nitrogens is 4. The summed E-state index contributed by atoms with van der Waals surface area (Å²) >= 11 is 0. The predicted octanol–water partition coefficient (Wildman–Crippen LogP) is 1.85. The maximum atomic E-state index is 13.7. The van der Waals surface area contributed by atoms with E-state index < -0.39 is 0 Å². The molecule has 0 saturated carbocycles. The summed E-state index contributed by atoms with van der Waals surface area (Å²) in [5.74, 6) is 0.215. The van der Waals surface area contributed by atoms with Gasteiger partial charge in [0, 0.05) is 5.56 Å². The van der Waals surface area contributed by atoms with Crippen molar-refractivity contribution in [1.82, 2.24) is 19.5 Å². The molecule has 6 nitrogen and oxygen atoms in total. The van der Waals surface area contributed by atoms with E-state index in [1.165, 1.54) is 19.5 Å². The molecule has 2 heterocycles. The topological polar surface area (TPSA) is 78.8 Å². The number of imidazole rings is 1. The Kier molecular flexibility index (Phi) is 2.74. The van der Waals surface area contributed by atoms with E-state index in [-0.39, 0.29) is 11.8 Å².